The number of carbonyl (C=O) groups is 2. The molecule has 0 aliphatic heterocycles. The van der Waals surface area contributed by atoms with Crippen LogP contribution in [-0.2, 0) is 9.59 Å². The zero-order valence-electron chi connectivity index (χ0n) is 6.30. The first kappa shape index (κ1) is 18.6. The Morgan fingerprint density at radius 1 is 1.23 bits per heavy atom. The Hall–Kier alpha value is -0.181. The van der Waals surface area contributed by atoms with E-state index in [0.29, 0.717) is 0 Å². The zero-order valence-corrected chi connectivity index (χ0v) is 10.4. The van der Waals surface area contributed by atoms with Crippen molar-refractivity contribution in [1.82, 2.24) is 0 Å². The molecular weight excluding hydrogens is 323 g/mol. The van der Waals surface area contributed by atoms with Crippen molar-refractivity contribution in [3.05, 3.63) is 0 Å². The van der Waals surface area contributed by atoms with Crippen LogP contribution >= 0.6 is 8.92 Å². The summed E-state index contributed by atoms with van der Waals surface area (Å²) in [4.78, 5) is 17.9. The molecule has 0 aromatic heterocycles. The number of halogens is 4. The Kier molecular flexibility index (Phi) is 14.1. The maximum absolute atomic E-state index is 10.6. The second-order valence-corrected chi connectivity index (χ2v) is 1.32. The molecule has 4 nitrogen and oxygen atoms in total. The van der Waals surface area contributed by atoms with Crippen molar-refractivity contribution >= 4 is 42.3 Å². The van der Waals surface area contributed by atoms with Crippen molar-refractivity contribution in [3.63, 3.8) is 0 Å². The first-order valence-electron chi connectivity index (χ1n) is 2.39. The van der Waals surface area contributed by atoms with Gasteiger partial charge in [-0.1, -0.05) is 0 Å². The molecule has 0 aromatic rings. The van der Waals surface area contributed by atoms with Crippen LogP contribution in [0.15, 0.2) is 0 Å². The van der Waals surface area contributed by atoms with E-state index in [1.54, 1.807) is 0 Å². The summed E-state index contributed by atoms with van der Waals surface area (Å²) < 4.78 is 31.7. The minimum atomic E-state index is -5.08. The summed E-state index contributed by atoms with van der Waals surface area (Å²) in [5.41, 5.74) is 0. The van der Waals surface area contributed by atoms with Gasteiger partial charge in [0.15, 0.2) is 0 Å². The van der Waals surface area contributed by atoms with Gasteiger partial charge >= 0.3 is 42.5 Å². The van der Waals surface area contributed by atoms with Gasteiger partial charge in [-0.15, -0.1) is 0 Å². The van der Waals surface area contributed by atoms with Crippen molar-refractivity contribution in [2.24, 2.45) is 0 Å². The summed E-state index contributed by atoms with van der Waals surface area (Å²) in [6, 6.07) is 0. The fourth-order valence-electron chi connectivity index (χ4n) is 0. The van der Waals surface area contributed by atoms with Crippen LogP contribution in [0.2, 0.25) is 0 Å². The third-order valence-electron chi connectivity index (χ3n) is 0.243. The molecule has 2 radical (unpaired) electrons. The van der Waals surface area contributed by atoms with Crippen LogP contribution in [0.3, 0.4) is 0 Å². The Balaban J connectivity index is -0.000000142. The molecule has 78 valence electrons. The summed E-state index contributed by atoms with van der Waals surface area (Å²) >= 11 is 0.822. The maximum atomic E-state index is 10.6. The average molecular weight is 329 g/mol. The van der Waals surface area contributed by atoms with E-state index >= 15 is 0 Å². The van der Waals surface area contributed by atoms with Gasteiger partial charge in [-0.25, -0.2) is 4.79 Å². The Morgan fingerprint density at radius 2 is 1.31 bits per heavy atom. The average Bonchev–Trinajstić information content (AvgIpc) is 1.88. The molecule has 0 saturated heterocycles. The molecule has 13 heavy (non-hydrogen) atoms. The molecule has 0 fully saturated rings. The Bertz CT molecular complexity index is 156. The fraction of sp³-hybridized carbons (Fsp3) is 0.500. The number of aliphatic carboxylic acids is 2. The Labute approximate surface area is 88.5 Å². The molecule has 0 atom stereocenters. The zero-order chi connectivity index (χ0) is 11.7. The van der Waals surface area contributed by atoms with E-state index in [9.17, 15) is 13.2 Å². The molecule has 0 aromatic carbocycles. The van der Waals surface area contributed by atoms with Crippen LogP contribution < -0.4 is 0 Å². The number of carboxylic acids is 2. The third-order valence-corrected chi connectivity index (χ3v) is 0.243. The molecule has 0 aliphatic carbocycles. The van der Waals surface area contributed by atoms with E-state index in [4.69, 9.17) is 28.7 Å². The van der Waals surface area contributed by atoms with E-state index in [2.05, 4.69) is 0 Å². The van der Waals surface area contributed by atoms with E-state index in [1.165, 1.54) is 0 Å². The molecule has 0 bridgehead atoms. The quantitative estimate of drug-likeness (QED) is 0.644. The van der Waals surface area contributed by atoms with Gasteiger partial charge in [0.05, 0.1) is 0 Å². The second-order valence-electron chi connectivity index (χ2n) is 1.32. The summed E-state index contributed by atoms with van der Waals surface area (Å²) in [5.74, 6) is -3.59. The molecule has 2 N–H and O–H groups in total. The van der Waals surface area contributed by atoms with Crippen LogP contribution in [-0.4, -0.2) is 49.7 Å². The fourth-order valence-corrected chi connectivity index (χ4v) is 0. The van der Waals surface area contributed by atoms with E-state index in [1.807, 2.05) is 0 Å². The van der Waals surface area contributed by atoms with Crippen molar-refractivity contribution < 1.29 is 33.0 Å². The molecule has 0 amide bonds. The van der Waals surface area contributed by atoms with Crippen molar-refractivity contribution in [2.75, 3.05) is 0 Å². The van der Waals surface area contributed by atoms with Crippen LogP contribution in [0.5, 0.6) is 0 Å². The summed E-state index contributed by atoms with van der Waals surface area (Å²) in [6.07, 6.45) is -5.08. The number of carboxylic acid groups (broad SMARTS) is 2. The molecule has 0 rings (SSSR count). The summed E-state index contributed by atoms with van der Waals surface area (Å²) in [7, 11) is 4.77. The number of hydrogen-bond donors (Lipinski definition) is 2. The minimum absolute atomic E-state index is 0.822. The Morgan fingerprint density at radius 3 is 1.31 bits per heavy atom. The molecule has 9 heteroatoms. The molecule has 0 heterocycles. The van der Waals surface area contributed by atoms with E-state index in [0.717, 1.165) is 28.3 Å². The van der Waals surface area contributed by atoms with Crippen molar-refractivity contribution in [3.8, 4) is 0 Å². The molecule has 0 aliphatic rings. The number of rotatable bonds is 0. The van der Waals surface area contributed by atoms with Gasteiger partial charge in [-0.3, -0.25) is 4.79 Å². The first-order chi connectivity index (χ1) is 5.68. The summed E-state index contributed by atoms with van der Waals surface area (Å²) in [5, 5.41) is 14.5. The number of alkyl halides is 3. The monoisotopic (exact) mass is 330 g/mol. The van der Waals surface area contributed by atoms with Gasteiger partial charge < -0.3 is 10.2 Å². The van der Waals surface area contributed by atoms with E-state index < -0.39 is 18.1 Å². The van der Waals surface area contributed by atoms with Gasteiger partial charge in [-0.05, 0) is 0 Å². The van der Waals surface area contributed by atoms with Crippen LogP contribution in [0.25, 0.3) is 0 Å². The van der Waals surface area contributed by atoms with Gasteiger partial charge in [-0.2, -0.15) is 13.2 Å². The van der Waals surface area contributed by atoms with Crippen LogP contribution in [0, 0.1) is 0 Å². The standard InChI is InChI=1S/C2HF3O2.C2H4O2.ClH.Sn.H/c3-2(4,5)1(6)7;1-2(3)4;;;/h(H,6,7);1H3,(H,3,4);1H;;/q;;;+1;/p-1. The first-order valence-corrected chi connectivity index (χ1v) is 6.56. The van der Waals surface area contributed by atoms with Gasteiger partial charge in [0.2, 0.25) is 0 Å². The molecule has 0 unspecified atom stereocenters. The van der Waals surface area contributed by atoms with E-state index in [-0.39, 0.29) is 0 Å². The van der Waals surface area contributed by atoms with Crippen molar-refractivity contribution in [2.45, 2.75) is 13.1 Å². The summed E-state index contributed by atoms with van der Waals surface area (Å²) in [6.45, 7) is 1.08. The molecular formula is C4H6ClF3O4Sn. The van der Waals surface area contributed by atoms with Gasteiger partial charge in [0.25, 0.3) is 5.97 Å². The van der Waals surface area contributed by atoms with Crippen molar-refractivity contribution in [1.29, 1.82) is 0 Å². The topological polar surface area (TPSA) is 74.6 Å². The molecule has 0 spiro atoms. The predicted molar refractivity (Wildman–Crippen MR) is 40.0 cm³/mol. The van der Waals surface area contributed by atoms with Gasteiger partial charge in [0.1, 0.15) is 0 Å². The number of hydrogen-bond acceptors (Lipinski definition) is 2. The third kappa shape index (κ3) is 33.7. The predicted octanol–water partition coefficient (Wildman–Crippen LogP) is 0.765. The SMILES string of the molecule is CC(=O)O.O=C(O)C(F)(F)F.[Cl][SnH]. The normalized spacial score (nSPS) is 8.46. The van der Waals surface area contributed by atoms with Crippen LogP contribution in [0.4, 0.5) is 13.2 Å². The van der Waals surface area contributed by atoms with Gasteiger partial charge in [0, 0.05) is 6.92 Å². The van der Waals surface area contributed by atoms with Crippen LogP contribution in [0.1, 0.15) is 6.92 Å². The second kappa shape index (κ2) is 9.90. The molecule has 0 saturated carbocycles.